The maximum Gasteiger partial charge on any atom is 0.331 e. The quantitative estimate of drug-likeness (QED) is 0.872. The van der Waals surface area contributed by atoms with E-state index in [9.17, 15) is 9.59 Å². The average molecular weight is 295 g/mol. The minimum atomic E-state index is -0.837. The van der Waals surface area contributed by atoms with Gasteiger partial charge in [-0.1, -0.05) is 19.3 Å². The van der Waals surface area contributed by atoms with E-state index in [0.29, 0.717) is 17.7 Å². The van der Waals surface area contributed by atoms with Gasteiger partial charge < -0.3 is 10.1 Å². The van der Waals surface area contributed by atoms with E-state index in [4.69, 9.17) is 4.74 Å². The first-order valence-electron chi connectivity index (χ1n) is 6.96. The number of esters is 1. The minimum absolute atomic E-state index is 0.168. The number of carbonyl (C=O) groups excluding carboxylic acids is 2. The van der Waals surface area contributed by atoms with Gasteiger partial charge in [-0.3, -0.25) is 4.79 Å². The molecule has 4 nitrogen and oxygen atoms in total. The molecule has 1 aliphatic rings. The van der Waals surface area contributed by atoms with Crippen LogP contribution >= 0.6 is 11.3 Å². The van der Waals surface area contributed by atoms with E-state index in [-0.39, 0.29) is 11.9 Å². The van der Waals surface area contributed by atoms with Gasteiger partial charge in [-0.25, -0.2) is 4.79 Å². The van der Waals surface area contributed by atoms with E-state index in [2.05, 4.69) is 5.32 Å². The Kier molecular flexibility index (Phi) is 4.48. The molecule has 0 aliphatic heterocycles. The maximum atomic E-state index is 12.4. The summed E-state index contributed by atoms with van der Waals surface area (Å²) in [7, 11) is 1.38. The third-order valence-corrected chi connectivity index (χ3v) is 5.18. The molecule has 110 valence electrons. The molecule has 0 spiro atoms. The van der Waals surface area contributed by atoms with E-state index in [1.165, 1.54) is 18.4 Å². The Bertz CT molecular complexity index is 496. The van der Waals surface area contributed by atoms with Gasteiger partial charge in [0.2, 0.25) is 0 Å². The van der Waals surface area contributed by atoms with Crippen molar-refractivity contribution in [1.29, 1.82) is 0 Å². The molecule has 0 radical (unpaired) electrons. The van der Waals surface area contributed by atoms with Crippen LogP contribution in [0.1, 0.15) is 52.2 Å². The summed E-state index contributed by atoms with van der Waals surface area (Å²) in [6.45, 7) is 3.98. The monoisotopic (exact) mass is 295 g/mol. The van der Waals surface area contributed by atoms with Gasteiger partial charge in [0.1, 0.15) is 5.54 Å². The third kappa shape index (κ3) is 2.87. The SMILES string of the molecule is COC(=O)C1(NC(=O)c2cc(C)c(C)s2)CCCCC1. The zero-order valence-electron chi connectivity index (χ0n) is 12.2. The molecule has 0 atom stereocenters. The number of aryl methyl sites for hydroxylation is 2. The van der Waals surface area contributed by atoms with E-state index in [1.54, 1.807) is 0 Å². The van der Waals surface area contributed by atoms with Crippen molar-refractivity contribution in [3.63, 3.8) is 0 Å². The number of methoxy groups -OCH3 is 1. The van der Waals surface area contributed by atoms with Crippen LogP contribution in [-0.4, -0.2) is 24.5 Å². The van der Waals surface area contributed by atoms with Crippen LogP contribution in [0.3, 0.4) is 0 Å². The van der Waals surface area contributed by atoms with Gasteiger partial charge in [-0.2, -0.15) is 0 Å². The van der Waals surface area contributed by atoms with Gasteiger partial charge in [0, 0.05) is 4.88 Å². The van der Waals surface area contributed by atoms with Crippen molar-refractivity contribution < 1.29 is 14.3 Å². The van der Waals surface area contributed by atoms with Crippen molar-refractivity contribution in [2.75, 3.05) is 7.11 Å². The van der Waals surface area contributed by atoms with Crippen LogP contribution in [0.15, 0.2) is 6.07 Å². The van der Waals surface area contributed by atoms with Crippen LogP contribution in [0.2, 0.25) is 0 Å². The smallest absolute Gasteiger partial charge is 0.331 e. The Balaban J connectivity index is 2.19. The first-order chi connectivity index (χ1) is 9.48. The van der Waals surface area contributed by atoms with Gasteiger partial charge in [-0.05, 0) is 38.3 Å². The summed E-state index contributed by atoms with van der Waals surface area (Å²) in [6.07, 6.45) is 4.31. The average Bonchev–Trinajstić information content (AvgIpc) is 2.79. The molecule has 1 aromatic rings. The molecular formula is C15H21NO3S. The standard InChI is InChI=1S/C15H21NO3S/c1-10-9-12(20-11(10)2)13(17)16-15(14(18)19-3)7-5-4-6-8-15/h9H,4-8H2,1-3H3,(H,16,17). The normalized spacial score (nSPS) is 17.6. The Labute approximate surface area is 123 Å². The largest absolute Gasteiger partial charge is 0.467 e. The molecule has 20 heavy (non-hydrogen) atoms. The summed E-state index contributed by atoms with van der Waals surface area (Å²) in [4.78, 5) is 26.3. The summed E-state index contributed by atoms with van der Waals surface area (Å²) in [5.41, 5.74) is 0.270. The second-order valence-electron chi connectivity index (χ2n) is 5.44. The third-order valence-electron chi connectivity index (χ3n) is 4.03. The van der Waals surface area contributed by atoms with Crippen molar-refractivity contribution in [3.05, 3.63) is 21.4 Å². The number of nitrogens with one attached hydrogen (secondary N) is 1. The number of hydrogen-bond donors (Lipinski definition) is 1. The molecule has 1 heterocycles. The molecule has 1 N–H and O–H groups in total. The summed E-state index contributed by atoms with van der Waals surface area (Å²) < 4.78 is 4.91. The number of thiophene rings is 1. The van der Waals surface area contributed by atoms with E-state index >= 15 is 0 Å². The van der Waals surface area contributed by atoms with Crippen LogP contribution < -0.4 is 5.32 Å². The fourth-order valence-electron chi connectivity index (χ4n) is 2.69. The van der Waals surface area contributed by atoms with Gasteiger partial charge in [0.25, 0.3) is 5.91 Å². The lowest BCUT2D eigenvalue weighted by Gasteiger charge is -2.35. The number of rotatable bonds is 3. The van der Waals surface area contributed by atoms with E-state index in [0.717, 1.165) is 29.7 Å². The molecule has 1 aromatic heterocycles. The van der Waals surface area contributed by atoms with Gasteiger partial charge in [-0.15, -0.1) is 11.3 Å². The highest BCUT2D eigenvalue weighted by atomic mass is 32.1. The van der Waals surface area contributed by atoms with Crippen molar-refractivity contribution >= 4 is 23.2 Å². The number of carbonyl (C=O) groups is 2. The fourth-order valence-corrected chi connectivity index (χ4v) is 3.62. The van der Waals surface area contributed by atoms with Gasteiger partial charge in [0.15, 0.2) is 0 Å². The highest BCUT2D eigenvalue weighted by Gasteiger charge is 2.42. The van der Waals surface area contributed by atoms with E-state index < -0.39 is 5.54 Å². The molecular weight excluding hydrogens is 274 g/mol. The zero-order chi connectivity index (χ0) is 14.8. The van der Waals surface area contributed by atoms with Crippen molar-refractivity contribution in [3.8, 4) is 0 Å². The van der Waals surface area contributed by atoms with E-state index in [1.807, 2.05) is 19.9 Å². The summed E-state index contributed by atoms with van der Waals surface area (Å²) in [5.74, 6) is -0.492. The molecule has 5 heteroatoms. The van der Waals surface area contributed by atoms with Crippen molar-refractivity contribution in [1.82, 2.24) is 5.32 Å². The molecule has 0 bridgehead atoms. The first-order valence-corrected chi connectivity index (χ1v) is 7.78. The predicted octanol–water partition coefficient (Wildman–Crippen LogP) is 2.97. The summed E-state index contributed by atoms with van der Waals surface area (Å²) >= 11 is 1.46. The zero-order valence-corrected chi connectivity index (χ0v) is 13.1. The lowest BCUT2D eigenvalue weighted by Crippen LogP contribution is -2.56. The topological polar surface area (TPSA) is 55.4 Å². The Morgan fingerprint density at radius 2 is 1.90 bits per heavy atom. The Hall–Kier alpha value is -1.36. The van der Waals surface area contributed by atoms with Gasteiger partial charge >= 0.3 is 5.97 Å². The second kappa shape index (κ2) is 5.95. The fraction of sp³-hybridized carbons (Fsp3) is 0.600. The maximum absolute atomic E-state index is 12.4. The first kappa shape index (κ1) is 15.0. The number of ether oxygens (including phenoxy) is 1. The van der Waals surface area contributed by atoms with Crippen LogP contribution in [-0.2, 0) is 9.53 Å². The number of hydrogen-bond acceptors (Lipinski definition) is 4. The van der Waals surface area contributed by atoms with Crippen LogP contribution in [0, 0.1) is 13.8 Å². The Morgan fingerprint density at radius 1 is 1.25 bits per heavy atom. The molecule has 2 rings (SSSR count). The molecule has 1 amide bonds. The molecule has 1 fully saturated rings. The summed E-state index contributed by atoms with van der Waals surface area (Å²) in [6, 6.07) is 1.88. The molecule has 1 aliphatic carbocycles. The Morgan fingerprint density at radius 3 is 2.40 bits per heavy atom. The molecule has 0 aromatic carbocycles. The van der Waals surface area contributed by atoms with Gasteiger partial charge in [0.05, 0.1) is 12.0 Å². The van der Waals surface area contributed by atoms with Crippen molar-refractivity contribution in [2.45, 2.75) is 51.5 Å². The highest BCUT2D eigenvalue weighted by Crippen LogP contribution is 2.30. The lowest BCUT2D eigenvalue weighted by molar-refractivity contribution is -0.149. The molecule has 0 saturated heterocycles. The molecule has 0 unspecified atom stereocenters. The number of amides is 1. The van der Waals surface area contributed by atoms with Crippen LogP contribution in [0.5, 0.6) is 0 Å². The minimum Gasteiger partial charge on any atom is -0.467 e. The second-order valence-corrected chi connectivity index (χ2v) is 6.69. The molecule has 1 saturated carbocycles. The lowest BCUT2D eigenvalue weighted by atomic mass is 9.81. The van der Waals surface area contributed by atoms with Crippen LogP contribution in [0.25, 0.3) is 0 Å². The predicted molar refractivity (Wildman–Crippen MR) is 79.1 cm³/mol. The van der Waals surface area contributed by atoms with Crippen LogP contribution in [0.4, 0.5) is 0 Å². The highest BCUT2D eigenvalue weighted by molar-refractivity contribution is 7.14. The summed E-state index contributed by atoms with van der Waals surface area (Å²) in [5, 5.41) is 2.94. The van der Waals surface area contributed by atoms with Crippen molar-refractivity contribution in [2.24, 2.45) is 0 Å².